The van der Waals surface area contributed by atoms with Gasteiger partial charge in [0.15, 0.2) is 0 Å². The first-order valence-corrected chi connectivity index (χ1v) is 0. The van der Waals surface area contributed by atoms with Crippen LogP contribution in [0.4, 0.5) is 0 Å². The molecule has 9 valence electrons. The summed E-state index contributed by atoms with van der Waals surface area (Å²) < 4.78 is 0. The van der Waals surface area contributed by atoms with Crippen LogP contribution < -0.4 is 0 Å². The van der Waals surface area contributed by atoms with E-state index in [9.17, 15) is 0 Å². The predicted molar refractivity (Wildman–Crippen MR) is 17.3 cm³/mol. The van der Waals surface area contributed by atoms with Crippen molar-refractivity contribution in [3.8, 4) is 0 Å². The Morgan fingerprint density at radius 3 is 0.750 bits per heavy atom. The van der Waals surface area contributed by atoms with Crippen LogP contribution in [0, 0.1) is 0 Å². The molecule has 0 bridgehead atoms. The van der Waals surface area contributed by atoms with E-state index >= 15 is 0 Å². The van der Waals surface area contributed by atoms with Crippen LogP contribution in [0.5, 0.6) is 0 Å². The second kappa shape index (κ2) is 17.3. The minimum atomic E-state index is 0. The maximum atomic E-state index is 0. The van der Waals surface area contributed by atoms with Crippen LogP contribution in [-0.4, -0.2) is 63.5 Å². The van der Waals surface area contributed by atoms with E-state index in [1.165, 1.54) is 0 Å². The van der Waals surface area contributed by atoms with Crippen LogP contribution in [0.15, 0.2) is 0 Å². The predicted octanol–water partition coefficient (Wildman–Crippen LogP) is -1.14. The molecule has 0 unspecified atom stereocenters. The summed E-state index contributed by atoms with van der Waals surface area (Å²) in [6.07, 6.45) is 0. The topological polar surface area (TPSA) is 0 Å². The molecule has 0 amide bonds. The zero-order valence-corrected chi connectivity index (χ0v) is 9.65. The van der Waals surface area contributed by atoms with Crippen molar-refractivity contribution >= 4 is 63.5 Å². The molecule has 0 spiro atoms. The summed E-state index contributed by atoms with van der Waals surface area (Å²) in [6, 6.07) is 0. The standard InChI is InChI=1S/Al.2Mg.Zn. The quantitative estimate of drug-likeness (QED) is 0.374. The fourth-order valence-corrected chi connectivity index (χ4v) is 0. The van der Waals surface area contributed by atoms with E-state index < -0.39 is 0 Å². The van der Waals surface area contributed by atoms with Gasteiger partial charge < -0.3 is 0 Å². The molecule has 0 nitrogen and oxygen atoms in total. The Morgan fingerprint density at radius 2 is 0.750 bits per heavy atom. The van der Waals surface area contributed by atoms with E-state index in [0.29, 0.717) is 0 Å². The Bertz CT molecular complexity index is 6.00. The average Bonchev–Trinajstić information content (AvgIpc) is 0. The van der Waals surface area contributed by atoms with Gasteiger partial charge in [0.2, 0.25) is 0 Å². The summed E-state index contributed by atoms with van der Waals surface area (Å²) >= 11 is 0. The van der Waals surface area contributed by atoms with E-state index in [1.54, 1.807) is 0 Å². The summed E-state index contributed by atoms with van der Waals surface area (Å²) in [6.45, 7) is 0. The zero-order chi connectivity index (χ0) is 0. The van der Waals surface area contributed by atoms with Gasteiger partial charge in [0.05, 0.1) is 0 Å². The first kappa shape index (κ1) is 29.9. The molecule has 0 N–H and O–H groups in total. The van der Waals surface area contributed by atoms with E-state index in [1.807, 2.05) is 0 Å². The molecule has 0 rings (SSSR count). The first-order valence-electron chi connectivity index (χ1n) is 0. The molecule has 7 radical (unpaired) electrons. The molecule has 0 aliphatic heterocycles. The maximum absolute atomic E-state index is 0. The molecular weight excluding hydrogens is 141 g/mol. The van der Waals surface area contributed by atoms with Gasteiger partial charge in [0, 0.05) is 82.9 Å². The molecule has 0 aromatic carbocycles. The third-order valence-electron chi connectivity index (χ3n) is 0. The fourth-order valence-electron chi connectivity index (χ4n) is 0. The Labute approximate surface area is 81.7 Å². The van der Waals surface area contributed by atoms with E-state index in [4.69, 9.17) is 0 Å². The van der Waals surface area contributed by atoms with Gasteiger partial charge in [0.25, 0.3) is 0 Å². The third-order valence-corrected chi connectivity index (χ3v) is 0. The van der Waals surface area contributed by atoms with Crippen molar-refractivity contribution in [2.75, 3.05) is 0 Å². The molecule has 0 atom stereocenters. The SMILES string of the molecule is [Al].[Mg].[Mg].[Zn]. The van der Waals surface area contributed by atoms with Crippen LogP contribution in [0.25, 0.3) is 0 Å². The number of hydrogen-bond acceptors (Lipinski definition) is 0. The van der Waals surface area contributed by atoms with Gasteiger partial charge in [-0.2, -0.15) is 0 Å². The van der Waals surface area contributed by atoms with Crippen molar-refractivity contribution in [2.24, 2.45) is 0 Å². The molecule has 0 saturated heterocycles. The van der Waals surface area contributed by atoms with Gasteiger partial charge in [-0.3, -0.25) is 0 Å². The second-order valence-corrected chi connectivity index (χ2v) is 0. The van der Waals surface area contributed by atoms with Crippen LogP contribution in [0.3, 0.4) is 0 Å². The van der Waals surface area contributed by atoms with Crippen LogP contribution in [0.2, 0.25) is 0 Å². The molecule has 4 heavy (non-hydrogen) atoms. The molecule has 4 heteroatoms. The van der Waals surface area contributed by atoms with E-state index in [-0.39, 0.29) is 82.9 Å². The summed E-state index contributed by atoms with van der Waals surface area (Å²) in [4.78, 5) is 0. The van der Waals surface area contributed by atoms with Crippen molar-refractivity contribution in [3.63, 3.8) is 0 Å². The molecular formula is AlMg2Zn. The van der Waals surface area contributed by atoms with Gasteiger partial charge in [-0.15, -0.1) is 0 Å². The van der Waals surface area contributed by atoms with Crippen LogP contribution >= 0.6 is 0 Å². The van der Waals surface area contributed by atoms with Crippen molar-refractivity contribution in [1.29, 1.82) is 0 Å². The largest absolute Gasteiger partial charge is 0 e. The summed E-state index contributed by atoms with van der Waals surface area (Å²) in [5.74, 6) is 0. The Kier molecular flexibility index (Phi) is 130. The van der Waals surface area contributed by atoms with Crippen molar-refractivity contribution in [2.45, 2.75) is 0 Å². The normalized spacial score (nSPS) is 0. The average molecular weight is 141 g/mol. The maximum Gasteiger partial charge on any atom is 0 e. The van der Waals surface area contributed by atoms with Crippen molar-refractivity contribution in [3.05, 3.63) is 0 Å². The Morgan fingerprint density at radius 1 is 0.750 bits per heavy atom. The Balaban J connectivity index is 0. The van der Waals surface area contributed by atoms with Gasteiger partial charge in [-0.05, 0) is 0 Å². The fraction of sp³-hybridized carbons (Fsp3) is 0. The minimum Gasteiger partial charge on any atom is 0 e. The van der Waals surface area contributed by atoms with Crippen LogP contribution in [0.1, 0.15) is 0 Å². The molecule has 0 fully saturated rings. The van der Waals surface area contributed by atoms with E-state index in [2.05, 4.69) is 0 Å². The smallest absolute Gasteiger partial charge is 0 e. The third kappa shape index (κ3) is 8.82. The van der Waals surface area contributed by atoms with Crippen molar-refractivity contribution < 1.29 is 19.5 Å². The molecule has 0 aromatic rings. The minimum absolute atomic E-state index is 0. The van der Waals surface area contributed by atoms with Gasteiger partial charge in [0.1, 0.15) is 0 Å². The van der Waals surface area contributed by atoms with Crippen LogP contribution in [-0.2, 0) is 19.5 Å². The van der Waals surface area contributed by atoms with Gasteiger partial charge in [-0.1, -0.05) is 0 Å². The van der Waals surface area contributed by atoms with Crippen molar-refractivity contribution in [1.82, 2.24) is 0 Å². The second-order valence-electron chi connectivity index (χ2n) is 0. The first-order chi connectivity index (χ1) is 0. The zero-order valence-electron chi connectivity index (χ0n) is 2.70. The molecule has 0 heterocycles. The van der Waals surface area contributed by atoms with Gasteiger partial charge >= 0.3 is 0 Å². The van der Waals surface area contributed by atoms with E-state index in [0.717, 1.165) is 0 Å². The number of rotatable bonds is 0. The summed E-state index contributed by atoms with van der Waals surface area (Å²) in [5.41, 5.74) is 0. The Hall–Kier alpha value is 2.69. The molecule has 0 aliphatic carbocycles. The van der Waals surface area contributed by atoms with Gasteiger partial charge in [-0.25, -0.2) is 0 Å². The monoisotopic (exact) mass is 139 g/mol. The summed E-state index contributed by atoms with van der Waals surface area (Å²) in [7, 11) is 0. The summed E-state index contributed by atoms with van der Waals surface area (Å²) in [5, 5.41) is 0. The molecule has 0 aliphatic rings. The molecule has 0 aromatic heterocycles. The number of hydrogen-bond donors (Lipinski definition) is 0. The molecule has 0 saturated carbocycles.